The first-order valence-corrected chi connectivity index (χ1v) is 7.13. The van der Waals surface area contributed by atoms with E-state index in [2.05, 4.69) is 41.3 Å². The van der Waals surface area contributed by atoms with Crippen molar-refractivity contribution in [2.75, 3.05) is 20.1 Å². The third-order valence-electron chi connectivity index (χ3n) is 3.76. The lowest BCUT2D eigenvalue weighted by atomic mass is 10.1. The first-order chi connectivity index (χ1) is 8.79. The Morgan fingerprint density at radius 1 is 1.44 bits per heavy atom. The molecule has 0 spiro atoms. The van der Waals surface area contributed by atoms with E-state index in [0.717, 1.165) is 25.6 Å². The van der Waals surface area contributed by atoms with Crippen LogP contribution in [0.5, 0.6) is 0 Å². The van der Waals surface area contributed by atoms with Gasteiger partial charge in [-0.25, -0.2) is 0 Å². The quantitative estimate of drug-likeness (QED) is 0.762. The maximum Gasteiger partial charge on any atom is 0.0416 e. The van der Waals surface area contributed by atoms with E-state index >= 15 is 0 Å². The third kappa shape index (κ3) is 4.39. The molecule has 0 bridgehead atoms. The minimum atomic E-state index is 0.648. The van der Waals surface area contributed by atoms with Crippen molar-refractivity contribution in [3.8, 4) is 0 Å². The summed E-state index contributed by atoms with van der Waals surface area (Å²) in [6.45, 7) is 4.48. The van der Waals surface area contributed by atoms with Crippen LogP contribution in [0.1, 0.15) is 31.9 Å². The van der Waals surface area contributed by atoms with Gasteiger partial charge in [-0.05, 0) is 38.4 Å². The van der Waals surface area contributed by atoms with Crippen LogP contribution in [0.25, 0.3) is 0 Å². The van der Waals surface area contributed by atoms with Gasteiger partial charge in [0, 0.05) is 43.5 Å². The van der Waals surface area contributed by atoms with Crippen molar-refractivity contribution in [3.63, 3.8) is 0 Å². The Morgan fingerprint density at radius 2 is 2.28 bits per heavy atom. The fraction of sp³-hybridized carbons (Fsp3) is 0.667. The zero-order valence-electron chi connectivity index (χ0n) is 11.6. The van der Waals surface area contributed by atoms with Crippen molar-refractivity contribution in [2.45, 2.75) is 44.7 Å². The number of nitrogens with one attached hydrogen (secondary N) is 1. The number of nitrogens with zero attached hydrogens (tertiary/aromatic N) is 2. The molecule has 3 nitrogen and oxygen atoms in total. The lowest BCUT2D eigenvalue weighted by molar-refractivity contribution is 0.231. The molecule has 0 radical (unpaired) electrons. The minimum Gasteiger partial charge on any atom is -0.312 e. The third-order valence-corrected chi connectivity index (χ3v) is 3.76. The predicted molar refractivity (Wildman–Crippen MR) is 75.7 cm³/mol. The highest BCUT2D eigenvalue weighted by Gasteiger charge is 2.22. The summed E-state index contributed by atoms with van der Waals surface area (Å²) in [6.07, 6.45) is 6.86. The highest BCUT2D eigenvalue weighted by molar-refractivity contribution is 5.03. The summed E-state index contributed by atoms with van der Waals surface area (Å²) in [4.78, 5) is 6.84. The molecule has 0 amide bonds. The van der Waals surface area contributed by atoms with Crippen LogP contribution >= 0.6 is 0 Å². The van der Waals surface area contributed by atoms with Crippen LogP contribution in [0, 0.1) is 0 Å². The van der Waals surface area contributed by atoms with Gasteiger partial charge in [0.15, 0.2) is 0 Å². The van der Waals surface area contributed by atoms with Gasteiger partial charge in [-0.2, -0.15) is 0 Å². The van der Waals surface area contributed by atoms with Gasteiger partial charge in [0.05, 0.1) is 0 Å². The van der Waals surface area contributed by atoms with E-state index in [-0.39, 0.29) is 0 Å². The van der Waals surface area contributed by atoms with Crippen LogP contribution in [0.3, 0.4) is 0 Å². The molecule has 1 aromatic heterocycles. The Hall–Kier alpha value is -0.930. The fourth-order valence-electron chi connectivity index (χ4n) is 2.22. The van der Waals surface area contributed by atoms with Gasteiger partial charge >= 0.3 is 0 Å². The summed E-state index contributed by atoms with van der Waals surface area (Å²) in [5.74, 6) is 0. The second kappa shape index (κ2) is 6.86. The highest BCUT2D eigenvalue weighted by Crippen LogP contribution is 2.18. The number of aromatic nitrogens is 1. The van der Waals surface area contributed by atoms with Gasteiger partial charge in [0.25, 0.3) is 0 Å². The maximum absolute atomic E-state index is 4.38. The van der Waals surface area contributed by atoms with Gasteiger partial charge in [-0.1, -0.05) is 13.0 Å². The van der Waals surface area contributed by atoms with Crippen molar-refractivity contribution < 1.29 is 0 Å². The van der Waals surface area contributed by atoms with E-state index in [0.29, 0.717) is 6.04 Å². The molecule has 3 heteroatoms. The van der Waals surface area contributed by atoms with Gasteiger partial charge in [-0.3, -0.25) is 4.98 Å². The molecular formula is C15H25N3. The molecule has 1 aliphatic carbocycles. The summed E-state index contributed by atoms with van der Waals surface area (Å²) < 4.78 is 0. The zero-order valence-corrected chi connectivity index (χ0v) is 11.6. The van der Waals surface area contributed by atoms with Crippen molar-refractivity contribution in [1.82, 2.24) is 15.2 Å². The predicted octanol–water partition coefficient (Wildman–Crippen LogP) is 2.09. The molecule has 1 fully saturated rings. The molecule has 1 saturated carbocycles. The maximum atomic E-state index is 4.38. The molecule has 1 atom stereocenters. The SMILES string of the molecule is CCC(CNC1CC1)N(C)CCc1ccccn1. The highest BCUT2D eigenvalue weighted by atomic mass is 15.2. The van der Waals surface area contributed by atoms with Crippen molar-refractivity contribution in [1.29, 1.82) is 0 Å². The first kappa shape index (κ1) is 13.5. The van der Waals surface area contributed by atoms with E-state index in [4.69, 9.17) is 0 Å². The number of likely N-dealkylation sites (N-methyl/N-ethyl adjacent to an activating group) is 1. The molecule has 1 N–H and O–H groups in total. The average molecular weight is 247 g/mol. The summed E-state index contributed by atoms with van der Waals surface area (Å²) in [5, 5.41) is 3.63. The van der Waals surface area contributed by atoms with Crippen molar-refractivity contribution >= 4 is 0 Å². The smallest absolute Gasteiger partial charge is 0.0416 e. The van der Waals surface area contributed by atoms with Crippen LogP contribution in [0.4, 0.5) is 0 Å². The van der Waals surface area contributed by atoms with Gasteiger partial charge in [-0.15, -0.1) is 0 Å². The van der Waals surface area contributed by atoms with Crippen LogP contribution in [-0.2, 0) is 6.42 Å². The van der Waals surface area contributed by atoms with Gasteiger partial charge in [0.2, 0.25) is 0 Å². The number of hydrogen-bond acceptors (Lipinski definition) is 3. The molecule has 2 rings (SSSR count). The number of hydrogen-bond donors (Lipinski definition) is 1. The Labute approximate surface area is 111 Å². The summed E-state index contributed by atoms with van der Waals surface area (Å²) in [7, 11) is 2.23. The molecule has 18 heavy (non-hydrogen) atoms. The molecule has 1 aromatic rings. The number of rotatable bonds is 8. The van der Waals surface area contributed by atoms with Crippen LogP contribution in [-0.4, -0.2) is 42.1 Å². The molecule has 100 valence electrons. The van der Waals surface area contributed by atoms with E-state index in [1.54, 1.807) is 0 Å². The Kier molecular flexibility index (Phi) is 5.14. The van der Waals surface area contributed by atoms with Crippen LogP contribution in [0.2, 0.25) is 0 Å². The first-order valence-electron chi connectivity index (χ1n) is 7.13. The Balaban J connectivity index is 1.72. The molecule has 1 unspecified atom stereocenters. The topological polar surface area (TPSA) is 28.2 Å². The molecular weight excluding hydrogens is 222 g/mol. The van der Waals surface area contributed by atoms with E-state index in [1.165, 1.54) is 25.0 Å². The average Bonchev–Trinajstić information content (AvgIpc) is 3.22. The Morgan fingerprint density at radius 3 is 2.89 bits per heavy atom. The standard InChI is InChI=1S/C15H25N3/c1-3-15(12-17-14-7-8-14)18(2)11-9-13-6-4-5-10-16-13/h4-6,10,14-15,17H,3,7-9,11-12H2,1-2H3. The Bertz CT molecular complexity index is 335. The van der Waals surface area contributed by atoms with Gasteiger partial charge < -0.3 is 10.2 Å². The minimum absolute atomic E-state index is 0.648. The normalized spacial score (nSPS) is 17.1. The fourth-order valence-corrected chi connectivity index (χ4v) is 2.22. The zero-order chi connectivity index (χ0) is 12.8. The molecule has 0 saturated heterocycles. The molecule has 1 heterocycles. The van der Waals surface area contributed by atoms with Crippen LogP contribution in [0.15, 0.2) is 24.4 Å². The van der Waals surface area contributed by atoms with E-state index in [9.17, 15) is 0 Å². The molecule has 0 aliphatic heterocycles. The largest absolute Gasteiger partial charge is 0.312 e. The lowest BCUT2D eigenvalue weighted by Gasteiger charge is -2.27. The van der Waals surface area contributed by atoms with Crippen molar-refractivity contribution in [2.24, 2.45) is 0 Å². The van der Waals surface area contributed by atoms with E-state index in [1.807, 2.05) is 12.3 Å². The second-order valence-corrected chi connectivity index (χ2v) is 5.30. The van der Waals surface area contributed by atoms with Crippen LogP contribution < -0.4 is 5.32 Å². The van der Waals surface area contributed by atoms with Crippen molar-refractivity contribution in [3.05, 3.63) is 30.1 Å². The van der Waals surface area contributed by atoms with E-state index < -0.39 is 0 Å². The summed E-state index contributed by atoms with van der Waals surface area (Å²) >= 11 is 0. The lowest BCUT2D eigenvalue weighted by Crippen LogP contribution is -2.41. The summed E-state index contributed by atoms with van der Waals surface area (Å²) in [6, 6.07) is 7.60. The molecule has 1 aliphatic rings. The monoisotopic (exact) mass is 247 g/mol. The second-order valence-electron chi connectivity index (χ2n) is 5.30. The van der Waals surface area contributed by atoms with Gasteiger partial charge in [0.1, 0.15) is 0 Å². The molecule has 0 aromatic carbocycles. The number of pyridine rings is 1. The summed E-state index contributed by atoms with van der Waals surface area (Å²) in [5.41, 5.74) is 1.19.